The first kappa shape index (κ1) is 21.2. The zero-order chi connectivity index (χ0) is 22.0. The number of carbonyl (C=O) groups excluding carboxylic acids is 1. The van der Waals surface area contributed by atoms with Crippen molar-refractivity contribution in [1.29, 1.82) is 0 Å². The van der Waals surface area contributed by atoms with Crippen LogP contribution in [0.5, 0.6) is 0 Å². The fourth-order valence-corrected chi connectivity index (χ4v) is 5.00. The van der Waals surface area contributed by atoms with Crippen molar-refractivity contribution in [2.75, 3.05) is 0 Å². The lowest BCUT2D eigenvalue weighted by Crippen LogP contribution is -2.34. The summed E-state index contributed by atoms with van der Waals surface area (Å²) in [5.41, 5.74) is 1.73. The van der Waals surface area contributed by atoms with Gasteiger partial charge in [0.25, 0.3) is 5.91 Å². The average molecular weight is 442 g/mol. The van der Waals surface area contributed by atoms with E-state index in [1.165, 1.54) is 25.1 Å². The van der Waals surface area contributed by atoms with E-state index >= 15 is 0 Å². The van der Waals surface area contributed by atoms with Crippen LogP contribution in [0.1, 0.15) is 53.2 Å². The summed E-state index contributed by atoms with van der Waals surface area (Å²) in [4.78, 5) is 17.6. The fourth-order valence-electron chi connectivity index (χ4n) is 3.95. The molecule has 0 bridgehead atoms. The summed E-state index contributed by atoms with van der Waals surface area (Å²) < 4.78 is 43.9. The van der Waals surface area contributed by atoms with E-state index in [2.05, 4.69) is 9.71 Å². The van der Waals surface area contributed by atoms with E-state index in [-0.39, 0.29) is 11.3 Å². The number of amides is 1. The summed E-state index contributed by atoms with van der Waals surface area (Å²) in [6.07, 6.45) is 3.54. The van der Waals surface area contributed by atoms with Crippen LogP contribution < -0.4 is 4.72 Å². The van der Waals surface area contributed by atoms with Gasteiger partial charge in [-0.1, -0.05) is 55.0 Å². The molecule has 4 rings (SSSR count). The molecule has 0 saturated carbocycles. The SMILES string of the molecule is CC(c1ccccc1F)S(=O)(=O)NC(=O)c1nc(-c2ccccc2)n2c1CCCCC2. The third-order valence-corrected chi connectivity index (χ3v) is 7.31. The summed E-state index contributed by atoms with van der Waals surface area (Å²) in [6.45, 7) is 2.08. The second-order valence-electron chi connectivity index (χ2n) is 7.70. The van der Waals surface area contributed by atoms with Gasteiger partial charge in [0.2, 0.25) is 10.0 Å². The van der Waals surface area contributed by atoms with Crippen LogP contribution >= 0.6 is 0 Å². The van der Waals surface area contributed by atoms with Crippen LogP contribution in [0.4, 0.5) is 4.39 Å². The summed E-state index contributed by atoms with van der Waals surface area (Å²) in [7, 11) is -4.16. The molecule has 2 heterocycles. The molecule has 1 amide bonds. The monoisotopic (exact) mass is 441 g/mol. The summed E-state index contributed by atoms with van der Waals surface area (Å²) in [6, 6.07) is 15.2. The molecule has 6 nitrogen and oxygen atoms in total. The molecule has 3 aromatic rings. The molecule has 8 heteroatoms. The normalized spacial score (nSPS) is 15.0. The van der Waals surface area contributed by atoms with Crippen LogP contribution in [0.2, 0.25) is 0 Å². The highest BCUT2D eigenvalue weighted by Gasteiger charge is 2.31. The highest BCUT2D eigenvalue weighted by molar-refractivity contribution is 7.90. The number of halogens is 1. The number of fused-ring (bicyclic) bond motifs is 1. The lowest BCUT2D eigenvalue weighted by atomic mass is 10.1. The Hall–Kier alpha value is -3.00. The Morgan fingerprint density at radius 1 is 1.06 bits per heavy atom. The van der Waals surface area contributed by atoms with Gasteiger partial charge in [-0.25, -0.2) is 22.5 Å². The van der Waals surface area contributed by atoms with Crippen LogP contribution in [0.25, 0.3) is 11.4 Å². The second-order valence-corrected chi connectivity index (χ2v) is 9.70. The molecule has 0 radical (unpaired) electrons. The molecule has 0 spiro atoms. The smallest absolute Gasteiger partial charge is 0.285 e. The molecule has 1 aliphatic rings. The molecule has 1 unspecified atom stereocenters. The number of carbonyl (C=O) groups is 1. The van der Waals surface area contributed by atoms with Gasteiger partial charge in [-0.05, 0) is 32.3 Å². The van der Waals surface area contributed by atoms with Crippen LogP contribution in [-0.2, 0) is 23.0 Å². The first-order valence-electron chi connectivity index (χ1n) is 10.3. The number of nitrogens with one attached hydrogen (secondary N) is 1. The van der Waals surface area contributed by atoms with Gasteiger partial charge in [0.15, 0.2) is 5.69 Å². The van der Waals surface area contributed by atoms with Crippen LogP contribution in [-0.4, -0.2) is 23.9 Å². The van der Waals surface area contributed by atoms with E-state index in [0.717, 1.165) is 37.1 Å². The van der Waals surface area contributed by atoms with Crippen molar-refractivity contribution in [2.24, 2.45) is 0 Å². The van der Waals surface area contributed by atoms with Crippen molar-refractivity contribution in [1.82, 2.24) is 14.3 Å². The van der Waals surface area contributed by atoms with Crippen LogP contribution in [0.15, 0.2) is 54.6 Å². The zero-order valence-electron chi connectivity index (χ0n) is 17.2. The molecule has 0 aliphatic carbocycles. The maximum atomic E-state index is 14.1. The standard InChI is InChI=1S/C23H24FN3O3S/c1-16(18-12-7-8-13-19(18)24)31(29,30)26-23(28)21-20-14-6-3-9-15-27(20)22(25-21)17-10-4-2-5-11-17/h2,4-5,7-8,10-13,16H,3,6,9,14-15H2,1H3,(H,26,28). The first-order valence-corrected chi connectivity index (χ1v) is 11.9. The van der Waals surface area contributed by atoms with E-state index in [1.54, 1.807) is 6.07 Å². The van der Waals surface area contributed by atoms with E-state index in [1.807, 2.05) is 34.9 Å². The first-order chi connectivity index (χ1) is 14.9. The van der Waals surface area contributed by atoms with Crippen molar-refractivity contribution in [2.45, 2.75) is 44.4 Å². The van der Waals surface area contributed by atoms with Crippen LogP contribution in [0, 0.1) is 5.82 Å². The molecule has 162 valence electrons. The van der Waals surface area contributed by atoms with Gasteiger partial charge in [0, 0.05) is 17.7 Å². The van der Waals surface area contributed by atoms with E-state index in [9.17, 15) is 17.6 Å². The third kappa shape index (κ3) is 4.25. The van der Waals surface area contributed by atoms with Crippen molar-refractivity contribution >= 4 is 15.9 Å². The molecule has 1 aromatic heterocycles. The Morgan fingerprint density at radius 2 is 1.77 bits per heavy atom. The number of imidazole rings is 1. The lowest BCUT2D eigenvalue weighted by molar-refractivity contribution is 0.0975. The van der Waals surface area contributed by atoms with Gasteiger partial charge in [-0.2, -0.15) is 0 Å². The highest BCUT2D eigenvalue weighted by Crippen LogP contribution is 2.28. The third-order valence-electron chi connectivity index (χ3n) is 5.66. The van der Waals surface area contributed by atoms with Crippen molar-refractivity contribution in [3.05, 3.63) is 77.4 Å². The predicted octanol–water partition coefficient (Wildman–Crippen LogP) is 4.24. The molecular weight excluding hydrogens is 417 g/mol. The van der Waals surface area contributed by atoms with E-state index in [0.29, 0.717) is 12.2 Å². The summed E-state index contributed by atoms with van der Waals surface area (Å²) in [5.74, 6) is -0.756. The van der Waals surface area contributed by atoms with Gasteiger partial charge in [0.05, 0.1) is 5.69 Å². The zero-order valence-corrected chi connectivity index (χ0v) is 18.0. The molecule has 31 heavy (non-hydrogen) atoms. The summed E-state index contributed by atoms with van der Waals surface area (Å²) in [5, 5.41) is -1.23. The molecule has 0 saturated heterocycles. The molecule has 1 aliphatic heterocycles. The van der Waals surface area contributed by atoms with Crippen molar-refractivity contribution < 1.29 is 17.6 Å². The number of aromatic nitrogens is 2. The number of sulfonamides is 1. The Bertz CT molecular complexity index is 1210. The summed E-state index contributed by atoms with van der Waals surface area (Å²) >= 11 is 0. The largest absolute Gasteiger partial charge is 0.327 e. The quantitative estimate of drug-likeness (QED) is 0.642. The van der Waals surface area contributed by atoms with Gasteiger partial charge >= 0.3 is 0 Å². The molecule has 1 atom stereocenters. The average Bonchev–Trinajstić information content (AvgIpc) is 2.95. The number of rotatable bonds is 5. The Morgan fingerprint density at radius 3 is 2.52 bits per heavy atom. The number of benzene rings is 2. The lowest BCUT2D eigenvalue weighted by Gasteiger charge is -2.15. The maximum Gasteiger partial charge on any atom is 0.285 e. The van der Waals surface area contributed by atoms with Gasteiger partial charge in [-0.15, -0.1) is 0 Å². The highest BCUT2D eigenvalue weighted by atomic mass is 32.2. The minimum absolute atomic E-state index is 0.0106. The van der Waals surface area contributed by atoms with Gasteiger partial charge in [0.1, 0.15) is 16.9 Å². The Balaban J connectivity index is 1.69. The minimum atomic E-state index is -4.16. The Labute approximate surface area is 181 Å². The fraction of sp³-hybridized carbons (Fsp3) is 0.304. The van der Waals surface area contributed by atoms with Crippen molar-refractivity contribution in [3.63, 3.8) is 0 Å². The molecule has 2 aromatic carbocycles. The molecule has 0 fully saturated rings. The molecule has 1 N–H and O–H groups in total. The van der Waals surface area contributed by atoms with E-state index in [4.69, 9.17) is 0 Å². The van der Waals surface area contributed by atoms with Crippen LogP contribution in [0.3, 0.4) is 0 Å². The van der Waals surface area contributed by atoms with Crippen molar-refractivity contribution in [3.8, 4) is 11.4 Å². The number of nitrogens with zero attached hydrogens (tertiary/aromatic N) is 2. The number of hydrogen-bond acceptors (Lipinski definition) is 4. The predicted molar refractivity (Wildman–Crippen MR) is 116 cm³/mol. The Kier molecular flexibility index (Phi) is 5.91. The maximum absolute atomic E-state index is 14.1. The molecular formula is C23H24FN3O3S. The number of hydrogen-bond donors (Lipinski definition) is 1. The van der Waals surface area contributed by atoms with Gasteiger partial charge in [-0.3, -0.25) is 4.79 Å². The second kappa shape index (κ2) is 8.63. The van der Waals surface area contributed by atoms with E-state index < -0.39 is 27.0 Å². The van der Waals surface area contributed by atoms with Gasteiger partial charge < -0.3 is 4.57 Å². The topological polar surface area (TPSA) is 81.1 Å². The minimum Gasteiger partial charge on any atom is -0.327 e.